The Balaban J connectivity index is 1.39. The lowest BCUT2D eigenvalue weighted by atomic mass is 10.0. The number of fused-ring (bicyclic) bond motifs is 1. The highest BCUT2D eigenvalue weighted by atomic mass is 16.5. The molecule has 174 valence electrons. The molecule has 2 aromatic carbocycles. The number of benzene rings is 2. The van der Waals surface area contributed by atoms with Gasteiger partial charge in [0.25, 0.3) is 5.91 Å². The van der Waals surface area contributed by atoms with Crippen LogP contribution in [0, 0.1) is 12.3 Å². The minimum Gasteiger partial charge on any atom is -0.496 e. The van der Waals surface area contributed by atoms with E-state index in [0.29, 0.717) is 29.8 Å². The standard InChI is InChI=1S/C27H29N5O2/c1-3-14-29-27(12-4-5-13-27)32-26-28-17-20-15-18(7-11-23(20)31-26)22-10-6-19(16-24(22)34-2)25(33)30-21-8-9-21/h1,6-7,10-11,15-17,21,29H,4-5,8-9,12-14H2,2H3,(H,30,33)(H,28,31,32). The fourth-order valence-corrected chi connectivity index (χ4v) is 4.59. The van der Waals surface area contributed by atoms with Crippen molar-refractivity contribution < 1.29 is 9.53 Å². The monoisotopic (exact) mass is 455 g/mol. The van der Waals surface area contributed by atoms with E-state index >= 15 is 0 Å². The number of methoxy groups -OCH3 is 1. The molecule has 0 unspecified atom stereocenters. The average molecular weight is 456 g/mol. The maximum atomic E-state index is 12.4. The minimum atomic E-state index is -0.249. The van der Waals surface area contributed by atoms with E-state index in [9.17, 15) is 4.79 Å². The van der Waals surface area contributed by atoms with Crippen molar-refractivity contribution in [2.24, 2.45) is 0 Å². The second kappa shape index (κ2) is 9.32. The highest BCUT2D eigenvalue weighted by molar-refractivity contribution is 5.96. The predicted octanol–water partition coefficient (Wildman–Crippen LogP) is 4.10. The molecule has 1 heterocycles. The molecule has 7 heteroatoms. The highest BCUT2D eigenvalue weighted by Crippen LogP contribution is 2.34. The zero-order chi connectivity index (χ0) is 23.5. The molecule has 1 aromatic heterocycles. The normalized spacial score (nSPS) is 16.7. The van der Waals surface area contributed by atoms with Crippen LogP contribution in [0.5, 0.6) is 5.75 Å². The van der Waals surface area contributed by atoms with Gasteiger partial charge in [-0.3, -0.25) is 10.1 Å². The molecule has 2 aliphatic rings. The van der Waals surface area contributed by atoms with E-state index in [1.807, 2.05) is 36.5 Å². The fourth-order valence-electron chi connectivity index (χ4n) is 4.59. The van der Waals surface area contributed by atoms with Crippen molar-refractivity contribution >= 4 is 22.8 Å². The molecule has 2 aliphatic carbocycles. The number of rotatable bonds is 8. The largest absolute Gasteiger partial charge is 0.496 e. The first-order chi connectivity index (χ1) is 16.6. The Kier molecular flexibility index (Phi) is 6.08. The number of carbonyl (C=O) groups is 1. The Labute approximate surface area is 199 Å². The van der Waals surface area contributed by atoms with Crippen LogP contribution in [0.15, 0.2) is 42.6 Å². The van der Waals surface area contributed by atoms with Crippen molar-refractivity contribution in [3.63, 3.8) is 0 Å². The number of aromatic nitrogens is 2. The molecular weight excluding hydrogens is 426 g/mol. The number of carbonyl (C=O) groups excluding carboxylic acids is 1. The number of ether oxygens (including phenoxy) is 1. The lowest BCUT2D eigenvalue weighted by Crippen LogP contribution is -2.50. The van der Waals surface area contributed by atoms with Crippen LogP contribution in [0.3, 0.4) is 0 Å². The molecule has 1 amide bonds. The van der Waals surface area contributed by atoms with Crippen LogP contribution in [0.1, 0.15) is 48.9 Å². The van der Waals surface area contributed by atoms with Crippen LogP contribution in [-0.2, 0) is 0 Å². The molecule has 5 rings (SSSR count). The van der Waals surface area contributed by atoms with E-state index in [1.165, 1.54) is 0 Å². The first-order valence-electron chi connectivity index (χ1n) is 11.8. The Morgan fingerprint density at radius 3 is 2.76 bits per heavy atom. The lowest BCUT2D eigenvalue weighted by Gasteiger charge is -2.31. The third kappa shape index (κ3) is 4.68. The first-order valence-corrected chi connectivity index (χ1v) is 11.8. The molecule has 0 radical (unpaired) electrons. The van der Waals surface area contributed by atoms with Gasteiger partial charge in [0.1, 0.15) is 5.75 Å². The smallest absolute Gasteiger partial charge is 0.251 e. The van der Waals surface area contributed by atoms with Crippen LogP contribution in [0.2, 0.25) is 0 Å². The topological polar surface area (TPSA) is 88.2 Å². The van der Waals surface area contributed by atoms with E-state index < -0.39 is 0 Å². The van der Waals surface area contributed by atoms with Crippen molar-refractivity contribution in [1.29, 1.82) is 0 Å². The summed E-state index contributed by atoms with van der Waals surface area (Å²) in [4.78, 5) is 21.7. The van der Waals surface area contributed by atoms with Gasteiger partial charge in [-0.1, -0.05) is 12.0 Å². The predicted molar refractivity (Wildman–Crippen MR) is 134 cm³/mol. The number of nitrogens with zero attached hydrogens (tertiary/aromatic N) is 2. The number of hydrogen-bond donors (Lipinski definition) is 3. The minimum absolute atomic E-state index is 0.0592. The molecule has 2 saturated carbocycles. The Hall–Kier alpha value is -3.63. The molecule has 0 bridgehead atoms. The van der Waals surface area contributed by atoms with Crippen molar-refractivity contribution in [3.8, 4) is 29.2 Å². The molecule has 0 spiro atoms. The fraction of sp³-hybridized carbons (Fsp3) is 0.370. The van der Waals surface area contributed by atoms with Gasteiger partial charge in [-0.25, -0.2) is 9.97 Å². The van der Waals surface area contributed by atoms with Crippen LogP contribution in [0.4, 0.5) is 5.95 Å². The molecular formula is C27H29N5O2. The van der Waals surface area contributed by atoms with E-state index in [1.54, 1.807) is 13.2 Å². The van der Waals surface area contributed by atoms with Gasteiger partial charge in [-0.05, 0) is 74.4 Å². The van der Waals surface area contributed by atoms with Gasteiger partial charge in [0.05, 0.1) is 24.8 Å². The van der Waals surface area contributed by atoms with Crippen LogP contribution in [-0.4, -0.2) is 41.2 Å². The molecule has 7 nitrogen and oxygen atoms in total. The van der Waals surface area contributed by atoms with Gasteiger partial charge in [0, 0.05) is 28.8 Å². The van der Waals surface area contributed by atoms with E-state index in [0.717, 1.165) is 60.6 Å². The number of hydrogen-bond acceptors (Lipinski definition) is 6. The van der Waals surface area contributed by atoms with Gasteiger partial charge in [-0.15, -0.1) is 6.42 Å². The summed E-state index contributed by atoms with van der Waals surface area (Å²) in [5.41, 5.74) is 3.10. The summed E-state index contributed by atoms with van der Waals surface area (Å²) in [6, 6.07) is 11.9. The SMILES string of the molecule is C#CCNC1(Nc2ncc3cc(-c4ccc(C(=O)NC5CC5)cc4OC)ccc3n2)CCCC1. The highest BCUT2D eigenvalue weighted by Gasteiger charge is 2.33. The summed E-state index contributed by atoms with van der Waals surface area (Å²) in [6.45, 7) is 0.507. The van der Waals surface area contributed by atoms with E-state index in [2.05, 4.69) is 26.9 Å². The Bertz CT molecular complexity index is 1260. The van der Waals surface area contributed by atoms with Gasteiger partial charge in [-0.2, -0.15) is 0 Å². The third-order valence-corrected chi connectivity index (χ3v) is 6.60. The quantitative estimate of drug-likeness (QED) is 0.350. The molecule has 0 aliphatic heterocycles. The summed E-state index contributed by atoms with van der Waals surface area (Å²) >= 11 is 0. The summed E-state index contributed by atoms with van der Waals surface area (Å²) in [5, 5.41) is 10.9. The maximum Gasteiger partial charge on any atom is 0.251 e. The van der Waals surface area contributed by atoms with Crippen LogP contribution in [0.25, 0.3) is 22.0 Å². The Morgan fingerprint density at radius 2 is 2.03 bits per heavy atom. The number of anilines is 1. The molecule has 0 saturated heterocycles. The van der Waals surface area contributed by atoms with Gasteiger partial charge < -0.3 is 15.4 Å². The van der Waals surface area contributed by atoms with Crippen LogP contribution >= 0.6 is 0 Å². The molecule has 34 heavy (non-hydrogen) atoms. The van der Waals surface area contributed by atoms with Gasteiger partial charge >= 0.3 is 0 Å². The first kappa shape index (κ1) is 22.2. The molecule has 2 fully saturated rings. The number of amides is 1. The Morgan fingerprint density at radius 1 is 1.21 bits per heavy atom. The lowest BCUT2D eigenvalue weighted by molar-refractivity contribution is 0.0950. The van der Waals surface area contributed by atoms with Gasteiger partial charge in [0.15, 0.2) is 0 Å². The summed E-state index contributed by atoms with van der Waals surface area (Å²) in [7, 11) is 1.62. The summed E-state index contributed by atoms with van der Waals surface area (Å²) < 4.78 is 5.62. The molecule has 3 N–H and O–H groups in total. The van der Waals surface area contributed by atoms with Crippen molar-refractivity contribution in [2.45, 2.75) is 50.2 Å². The van der Waals surface area contributed by atoms with E-state index in [-0.39, 0.29) is 11.6 Å². The summed E-state index contributed by atoms with van der Waals surface area (Å²) in [5.74, 6) is 3.85. The second-order valence-electron chi connectivity index (χ2n) is 9.10. The van der Waals surface area contributed by atoms with Crippen molar-refractivity contribution in [1.82, 2.24) is 20.6 Å². The summed E-state index contributed by atoms with van der Waals surface area (Å²) in [6.07, 6.45) is 13.7. The zero-order valence-electron chi connectivity index (χ0n) is 19.4. The third-order valence-electron chi connectivity index (χ3n) is 6.60. The van der Waals surface area contributed by atoms with Crippen molar-refractivity contribution in [3.05, 3.63) is 48.2 Å². The van der Waals surface area contributed by atoms with Crippen LogP contribution < -0.4 is 20.7 Å². The number of nitrogens with one attached hydrogen (secondary N) is 3. The molecule has 3 aromatic rings. The second-order valence-corrected chi connectivity index (χ2v) is 9.10. The zero-order valence-corrected chi connectivity index (χ0v) is 19.4. The average Bonchev–Trinajstić information content (AvgIpc) is 3.57. The maximum absolute atomic E-state index is 12.4. The van der Waals surface area contributed by atoms with Crippen molar-refractivity contribution in [2.75, 3.05) is 19.0 Å². The van der Waals surface area contributed by atoms with Gasteiger partial charge in [0.2, 0.25) is 5.95 Å². The number of terminal acetylenes is 1. The van der Waals surface area contributed by atoms with E-state index in [4.69, 9.17) is 16.1 Å². The molecule has 0 atom stereocenters.